The second-order valence-electron chi connectivity index (χ2n) is 6.21. The van der Waals surface area contributed by atoms with Crippen LogP contribution in [-0.2, 0) is 4.74 Å². The van der Waals surface area contributed by atoms with Crippen molar-refractivity contribution in [2.75, 3.05) is 25.4 Å². The number of nitrogens with zero attached hydrogens (tertiary/aromatic N) is 1. The van der Waals surface area contributed by atoms with Crippen molar-refractivity contribution >= 4 is 11.8 Å². The highest BCUT2D eigenvalue weighted by atomic mass is 32.2. The summed E-state index contributed by atoms with van der Waals surface area (Å²) in [5.74, 6) is 1.22. The van der Waals surface area contributed by atoms with Crippen LogP contribution in [0.25, 0.3) is 0 Å². The summed E-state index contributed by atoms with van der Waals surface area (Å²) >= 11 is 2.10. The van der Waals surface area contributed by atoms with Gasteiger partial charge in [-0.05, 0) is 19.3 Å². The molecule has 104 valence electrons. The monoisotopic (exact) mass is 270 g/mol. The van der Waals surface area contributed by atoms with E-state index >= 15 is 0 Å². The largest absolute Gasteiger partial charge is 0.375 e. The minimum absolute atomic E-state index is 0.258. The zero-order chi connectivity index (χ0) is 12.6. The third-order valence-corrected chi connectivity index (χ3v) is 6.47. The lowest BCUT2D eigenvalue weighted by atomic mass is 9.84. The first kappa shape index (κ1) is 13.2. The Kier molecular flexibility index (Phi) is 3.90. The maximum Gasteiger partial charge on any atom is 0.0731 e. The molecule has 2 saturated heterocycles. The fourth-order valence-corrected chi connectivity index (χ4v) is 5.52. The molecule has 4 heteroatoms. The zero-order valence-electron chi connectivity index (χ0n) is 11.4. The second kappa shape index (κ2) is 5.31. The molecule has 2 heterocycles. The fourth-order valence-electron chi connectivity index (χ4n) is 4.10. The average molecular weight is 270 g/mol. The second-order valence-corrected chi connectivity index (χ2v) is 7.64. The SMILES string of the molecule is CC1CC(CN)(N2CCOC3CCCCC32)CS1. The number of hydrogen-bond donors (Lipinski definition) is 1. The van der Waals surface area contributed by atoms with Crippen molar-refractivity contribution in [3.8, 4) is 0 Å². The maximum atomic E-state index is 6.19. The molecule has 1 aliphatic carbocycles. The molecule has 0 amide bonds. The Bertz CT molecular complexity index is 300. The molecule has 0 radical (unpaired) electrons. The van der Waals surface area contributed by atoms with Crippen molar-refractivity contribution in [2.24, 2.45) is 5.73 Å². The molecular formula is C14H26N2OS. The summed E-state index contributed by atoms with van der Waals surface area (Å²) in [6.07, 6.45) is 7.02. The van der Waals surface area contributed by atoms with Crippen LogP contribution in [0, 0.1) is 0 Å². The Morgan fingerprint density at radius 1 is 1.39 bits per heavy atom. The summed E-state index contributed by atoms with van der Waals surface area (Å²) in [5, 5.41) is 0.762. The minimum Gasteiger partial charge on any atom is -0.375 e. The van der Waals surface area contributed by atoms with E-state index in [9.17, 15) is 0 Å². The van der Waals surface area contributed by atoms with Crippen LogP contribution in [0.5, 0.6) is 0 Å². The molecule has 2 N–H and O–H groups in total. The van der Waals surface area contributed by atoms with E-state index in [1.807, 2.05) is 0 Å². The Morgan fingerprint density at radius 2 is 2.22 bits per heavy atom. The van der Waals surface area contributed by atoms with E-state index in [1.54, 1.807) is 0 Å². The van der Waals surface area contributed by atoms with Crippen LogP contribution in [0.1, 0.15) is 39.0 Å². The maximum absolute atomic E-state index is 6.19. The highest BCUT2D eigenvalue weighted by Crippen LogP contribution is 2.42. The van der Waals surface area contributed by atoms with Gasteiger partial charge in [0.25, 0.3) is 0 Å². The smallest absolute Gasteiger partial charge is 0.0731 e. The van der Waals surface area contributed by atoms with Crippen LogP contribution >= 0.6 is 11.8 Å². The Hall–Kier alpha value is 0.230. The van der Waals surface area contributed by atoms with Crippen LogP contribution in [-0.4, -0.2) is 53.3 Å². The van der Waals surface area contributed by atoms with Gasteiger partial charge in [0.2, 0.25) is 0 Å². The van der Waals surface area contributed by atoms with E-state index in [4.69, 9.17) is 10.5 Å². The van der Waals surface area contributed by atoms with Crippen LogP contribution < -0.4 is 5.73 Å². The van der Waals surface area contributed by atoms with Crippen molar-refractivity contribution < 1.29 is 4.74 Å². The molecule has 0 spiro atoms. The van der Waals surface area contributed by atoms with Crippen LogP contribution in [0.15, 0.2) is 0 Å². The van der Waals surface area contributed by atoms with Crippen LogP contribution in [0.4, 0.5) is 0 Å². The standard InChI is InChI=1S/C14H26N2OS/c1-11-8-14(9-15,10-18-11)16-6-7-17-13-5-3-2-4-12(13)16/h11-13H,2-10,15H2,1H3. The molecule has 3 rings (SSSR count). The highest BCUT2D eigenvalue weighted by molar-refractivity contribution is 8.00. The van der Waals surface area contributed by atoms with Crippen molar-refractivity contribution in [1.29, 1.82) is 0 Å². The molecule has 0 aromatic heterocycles. The average Bonchev–Trinajstić information content (AvgIpc) is 2.81. The van der Waals surface area contributed by atoms with E-state index < -0.39 is 0 Å². The molecule has 3 fully saturated rings. The minimum atomic E-state index is 0.258. The molecule has 2 aliphatic heterocycles. The lowest BCUT2D eigenvalue weighted by Crippen LogP contribution is -2.65. The Labute approximate surface area is 115 Å². The van der Waals surface area contributed by atoms with Crippen LogP contribution in [0.3, 0.4) is 0 Å². The van der Waals surface area contributed by atoms with Crippen LogP contribution in [0.2, 0.25) is 0 Å². The molecule has 4 atom stereocenters. The molecule has 18 heavy (non-hydrogen) atoms. The molecular weight excluding hydrogens is 244 g/mol. The first-order chi connectivity index (χ1) is 8.75. The molecule has 1 saturated carbocycles. The summed E-state index contributed by atoms with van der Waals surface area (Å²) < 4.78 is 6.00. The van der Waals surface area contributed by atoms with Gasteiger partial charge in [-0.3, -0.25) is 4.90 Å². The first-order valence-corrected chi connectivity index (χ1v) is 8.50. The predicted octanol–water partition coefficient (Wildman–Crippen LogP) is 1.85. The molecule has 0 aromatic rings. The Morgan fingerprint density at radius 3 is 2.94 bits per heavy atom. The number of nitrogens with two attached hydrogens (primary N) is 1. The van der Waals surface area contributed by atoms with E-state index in [2.05, 4.69) is 23.6 Å². The van der Waals surface area contributed by atoms with Gasteiger partial charge in [-0.15, -0.1) is 0 Å². The fraction of sp³-hybridized carbons (Fsp3) is 1.00. The third-order valence-electron chi connectivity index (χ3n) is 5.03. The van der Waals surface area contributed by atoms with E-state index in [0.717, 1.165) is 24.9 Å². The molecule has 3 aliphatic rings. The summed E-state index contributed by atoms with van der Waals surface area (Å²) in [4.78, 5) is 2.75. The van der Waals surface area contributed by atoms with Gasteiger partial charge in [0.1, 0.15) is 0 Å². The van der Waals surface area contributed by atoms with E-state index in [-0.39, 0.29) is 5.54 Å². The summed E-state index contributed by atoms with van der Waals surface area (Å²) in [6.45, 7) is 5.15. The predicted molar refractivity (Wildman–Crippen MR) is 77.0 cm³/mol. The van der Waals surface area contributed by atoms with E-state index in [1.165, 1.54) is 37.9 Å². The van der Waals surface area contributed by atoms with Gasteiger partial charge in [-0.2, -0.15) is 11.8 Å². The molecule has 0 aromatic carbocycles. The molecule has 4 unspecified atom stereocenters. The van der Waals surface area contributed by atoms with Gasteiger partial charge >= 0.3 is 0 Å². The quantitative estimate of drug-likeness (QED) is 0.831. The summed E-state index contributed by atoms with van der Waals surface area (Å²) in [7, 11) is 0. The van der Waals surface area contributed by atoms with Crippen molar-refractivity contribution in [2.45, 2.75) is 62.0 Å². The summed E-state index contributed by atoms with van der Waals surface area (Å²) in [5.41, 5.74) is 6.45. The number of morpholine rings is 1. The first-order valence-electron chi connectivity index (χ1n) is 7.45. The molecule has 0 bridgehead atoms. The van der Waals surface area contributed by atoms with Gasteiger partial charge in [0.15, 0.2) is 0 Å². The number of hydrogen-bond acceptors (Lipinski definition) is 4. The Balaban J connectivity index is 1.80. The number of thioether (sulfide) groups is 1. The van der Waals surface area contributed by atoms with Crippen molar-refractivity contribution in [3.63, 3.8) is 0 Å². The lowest BCUT2D eigenvalue weighted by Gasteiger charge is -2.52. The van der Waals surface area contributed by atoms with Crippen molar-refractivity contribution in [1.82, 2.24) is 4.90 Å². The van der Waals surface area contributed by atoms with Gasteiger partial charge in [-0.25, -0.2) is 0 Å². The van der Waals surface area contributed by atoms with Gasteiger partial charge in [0.05, 0.1) is 12.7 Å². The summed E-state index contributed by atoms with van der Waals surface area (Å²) in [6, 6.07) is 0.641. The van der Waals surface area contributed by atoms with Crippen molar-refractivity contribution in [3.05, 3.63) is 0 Å². The van der Waals surface area contributed by atoms with Gasteiger partial charge in [-0.1, -0.05) is 19.8 Å². The third kappa shape index (κ3) is 2.21. The number of rotatable bonds is 2. The zero-order valence-corrected chi connectivity index (χ0v) is 12.3. The lowest BCUT2D eigenvalue weighted by molar-refractivity contribution is -0.120. The molecule has 3 nitrogen and oxygen atoms in total. The van der Waals surface area contributed by atoms with E-state index in [0.29, 0.717) is 12.1 Å². The number of ether oxygens (including phenoxy) is 1. The number of fused-ring (bicyclic) bond motifs is 1. The van der Waals surface area contributed by atoms with Gasteiger partial charge < -0.3 is 10.5 Å². The highest BCUT2D eigenvalue weighted by Gasteiger charge is 2.48. The normalized spacial score (nSPS) is 46.0. The van der Waals surface area contributed by atoms with Gasteiger partial charge in [0, 0.05) is 35.7 Å². The topological polar surface area (TPSA) is 38.5 Å².